The Balaban J connectivity index is 1.24. The van der Waals surface area contributed by atoms with Gasteiger partial charge in [0.25, 0.3) is 0 Å². The minimum Gasteiger partial charge on any atom is -0.422 e. The minimum absolute atomic E-state index is 0.344. The van der Waals surface area contributed by atoms with Gasteiger partial charge in [-0.2, -0.15) is 0 Å². The number of aryl methyl sites for hydroxylation is 1. The number of nitrogens with zero attached hydrogens (tertiary/aromatic N) is 4. The van der Waals surface area contributed by atoms with Gasteiger partial charge in [0.1, 0.15) is 11.2 Å². The maximum absolute atomic E-state index is 12.8. The largest absolute Gasteiger partial charge is 0.422 e. The van der Waals surface area contributed by atoms with E-state index in [4.69, 9.17) is 4.42 Å². The molecule has 3 aromatic heterocycles. The molecule has 0 saturated carbocycles. The van der Waals surface area contributed by atoms with Gasteiger partial charge in [-0.15, -0.1) is 0 Å². The zero-order chi connectivity index (χ0) is 20.9. The summed E-state index contributed by atoms with van der Waals surface area (Å²) >= 11 is 0. The number of rotatable bonds is 2. The number of anilines is 1. The minimum atomic E-state index is -0.344. The second kappa shape index (κ2) is 5.77. The third kappa shape index (κ3) is 2.42. The molecule has 0 bridgehead atoms. The van der Waals surface area contributed by atoms with Crippen LogP contribution in [0, 0.1) is 6.92 Å². The monoisotopic (exact) mass is 412 g/mol. The van der Waals surface area contributed by atoms with E-state index in [1.165, 1.54) is 12.8 Å². The van der Waals surface area contributed by atoms with Gasteiger partial charge < -0.3 is 13.7 Å². The summed E-state index contributed by atoms with van der Waals surface area (Å²) in [6, 6.07) is 13.5. The van der Waals surface area contributed by atoms with Crippen LogP contribution in [-0.4, -0.2) is 45.0 Å². The van der Waals surface area contributed by atoms with E-state index in [2.05, 4.69) is 33.8 Å². The lowest BCUT2D eigenvalue weighted by atomic mass is 9.64. The average Bonchev–Trinajstić information content (AvgIpc) is 3.13. The Morgan fingerprint density at radius 2 is 1.90 bits per heavy atom. The predicted molar refractivity (Wildman–Crippen MR) is 121 cm³/mol. The fourth-order valence-corrected chi connectivity index (χ4v) is 6.25. The van der Waals surface area contributed by atoms with Crippen molar-refractivity contribution in [1.82, 2.24) is 14.3 Å². The van der Waals surface area contributed by atoms with E-state index >= 15 is 0 Å². The number of hydrogen-bond acceptors (Lipinski definition) is 5. The molecule has 3 aliphatic rings. The maximum Gasteiger partial charge on any atom is 0.345 e. The molecule has 4 aromatic rings. The fraction of sp³-hybridized carbons (Fsp3) is 0.360. The topological polar surface area (TPSA) is 54.0 Å². The van der Waals surface area contributed by atoms with Crippen LogP contribution in [0.2, 0.25) is 0 Å². The van der Waals surface area contributed by atoms with Gasteiger partial charge in [-0.25, -0.2) is 9.78 Å². The van der Waals surface area contributed by atoms with Crippen LogP contribution in [0.5, 0.6) is 0 Å². The number of aromatic nitrogens is 2. The Bertz CT molecular complexity index is 1420. The summed E-state index contributed by atoms with van der Waals surface area (Å²) in [7, 11) is 0. The van der Waals surface area contributed by atoms with E-state index < -0.39 is 0 Å². The fourth-order valence-electron chi connectivity index (χ4n) is 6.25. The molecule has 156 valence electrons. The van der Waals surface area contributed by atoms with Crippen LogP contribution in [0.15, 0.2) is 58.0 Å². The number of fused-ring (bicyclic) bond motifs is 2. The first kappa shape index (κ1) is 17.5. The van der Waals surface area contributed by atoms with Crippen LogP contribution < -0.4 is 10.5 Å². The molecule has 6 heterocycles. The van der Waals surface area contributed by atoms with Gasteiger partial charge >= 0.3 is 5.63 Å². The highest BCUT2D eigenvalue weighted by molar-refractivity contribution is 5.84. The standard InChI is InChI=1S/C25H24N4O2/c1-15-5-6-27-14-21(26-23(27)7-15)20-8-16-3-4-17(9-22(16)31-24(20)30)28-12-18-10-25(2)11-19(13-28)29(18)25/h3-9,14,18-19H,10-13H2,1-2H3/t18-,19+,25?. The van der Waals surface area contributed by atoms with Crippen molar-refractivity contribution < 1.29 is 4.42 Å². The normalized spacial score (nSPS) is 27.2. The van der Waals surface area contributed by atoms with E-state index in [9.17, 15) is 4.79 Å². The first-order chi connectivity index (χ1) is 15.0. The molecule has 0 N–H and O–H groups in total. The molecular formula is C25H24N4O2. The van der Waals surface area contributed by atoms with Crippen molar-refractivity contribution in [1.29, 1.82) is 0 Å². The predicted octanol–water partition coefficient (Wildman–Crippen LogP) is 3.84. The molecule has 6 nitrogen and oxygen atoms in total. The third-order valence-electron chi connectivity index (χ3n) is 7.60. The van der Waals surface area contributed by atoms with E-state index in [1.807, 2.05) is 48.0 Å². The molecule has 1 unspecified atom stereocenters. The third-order valence-corrected chi connectivity index (χ3v) is 7.60. The van der Waals surface area contributed by atoms with Gasteiger partial charge in [-0.3, -0.25) is 4.90 Å². The smallest absolute Gasteiger partial charge is 0.345 e. The number of piperazine rings is 1. The van der Waals surface area contributed by atoms with Gasteiger partial charge in [0.2, 0.25) is 0 Å². The zero-order valence-electron chi connectivity index (χ0n) is 17.7. The summed E-state index contributed by atoms with van der Waals surface area (Å²) in [6.07, 6.45) is 6.43. The first-order valence-corrected chi connectivity index (χ1v) is 11.0. The van der Waals surface area contributed by atoms with E-state index in [0.717, 1.165) is 35.4 Å². The van der Waals surface area contributed by atoms with Gasteiger partial charge in [0, 0.05) is 60.2 Å². The highest BCUT2D eigenvalue weighted by atomic mass is 16.4. The Kier molecular flexibility index (Phi) is 3.26. The average molecular weight is 412 g/mol. The Hall–Kier alpha value is -3.12. The molecule has 0 spiro atoms. The lowest BCUT2D eigenvalue weighted by molar-refractivity contribution is -0.194. The van der Waals surface area contributed by atoms with Crippen molar-refractivity contribution in [2.24, 2.45) is 0 Å². The van der Waals surface area contributed by atoms with Crippen molar-refractivity contribution in [3.63, 3.8) is 0 Å². The molecule has 3 fully saturated rings. The molecule has 7 rings (SSSR count). The lowest BCUT2D eigenvalue weighted by Crippen LogP contribution is -2.83. The number of pyridine rings is 1. The molecule has 3 saturated heterocycles. The summed E-state index contributed by atoms with van der Waals surface area (Å²) in [5, 5.41) is 0.921. The zero-order valence-corrected chi connectivity index (χ0v) is 17.7. The Morgan fingerprint density at radius 3 is 2.68 bits per heavy atom. The summed E-state index contributed by atoms with van der Waals surface area (Å²) < 4.78 is 7.70. The summed E-state index contributed by atoms with van der Waals surface area (Å²) in [5.74, 6) is 0. The highest BCUT2D eigenvalue weighted by Gasteiger charge is 2.62. The van der Waals surface area contributed by atoms with Crippen LogP contribution in [-0.2, 0) is 0 Å². The first-order valence-electron chi connectivity index (χ1n) is 11.0. The van der Waals surface area contributed by atoms with Crippen LogP contribution in [0.1, 0.15) is 25.3 Å². The molecule has 6 heteroatoms. The number of imidazole rings is 1. The summed E-state index contributed by atoms with van der Waals surface area (Å²) in [6.45, 7) is 6.54. The van der Waals surface area contributed by atoms with Gasteiger partial charge in [0.05, 0.1) is 11.3 Å². The van der Waals surface area contributed by atoms with Gasteiger partial charge in [0.15, 0.2) is 0 Å². The number of hydrogen-bond donors (Lipinski definition) is 0. The second-order valence-corrected chi connectivity index (χ2v) is 9.79. The van der Waals surface area contributed by atoms with Crippen LogP contribution >= 0.6 is 0 Å². The van der Waals surface area contributed by atoms with Crippen LogP contribution in [0.3, 0.4) is 0 Å². The SMILES string of the molecule is Cc1ccn2cc(-c3cc4ccc(N5C[C@@H]6CC7(C)C[C@H](C5)N67)cc4oc3=O)nc2c1. The van der Waals surface area contributed by atoms with E-state index in [-0.39, 0.29) is 5.63 Å². The van der Waals surface area contributed by atoms with E-state index in [1.54, 1.807) is 0 Å². The molecule has 0 radical (unpaired) electrons. The summed E-state index contributed by atoms with van der Waals surface area (Å²) in [4.78, 5) is 22.6. The van der Waals surface area contributed by atoms with Crippen molar-refractivity contribution in [3.05, 3.63) is 64.8 Å². The molecular weight excluding hydrogens is 388 g/mol. The van der Waals surface area contributed by atoms with Gasteiger partial charge in [-0.1, -0.05) is 0 Å². The highest BCUT2D eigenvalue weighted by Crippen LogP contribution is 2.53. The molecule has 0 aliphatic carbocycles. The molecule has 1 aromatic carbocycles. The second-order valence-electron chi connectivity index (χ2n) is 9.79. The molecule has 3 aliphatic heterocycles. The molecule has 0 amide bonds. The van der Waals surface area contributed by atoms with Crippen molar-refractivity contribution in [2.45, 2.75) is 44.3 Å². The van der Waals surface area contributed by atoms with Crippen molar-refractivity contribution in [3.8, 4) is 11.3 Å². The van der Waals surface area contributed by atoms with Crippen LogP contribution in [0.25, 0.3) is 27.9 Å². The Morgan fingerprint density at radius 1 is 1.10 bits per heavy atom. The quantitative estimate of drug-likeness (QED) is 0.468. The van der Waals surface area contributed by atoms with Crippen molar-refractivity contribution in [2.75, 3.05) is 18.0 Å². The molecule has 3 atom stereocenters. The van der Waals surface area contributed by atoms with E-state index in [0.29, 0.717) is 34.5 Å². The summed E-state index contributed by atoms with van der Waals surface area (Å²) in [5.41, 5.74) is 5.02. The maximum atomic E-state index is 12.8. The molecule has 31 heavy (non-hydrogen) atoms. The van der Waals surface area contributed by atoms with Crippen LogP contribution in [0.4, 0.5) is 5.69 Å². The van der Waals surface area contributed by atoms with Gasteiger partial charge in [-0.05, 0) is 62.6 Å². The van der Waals surface area contributed by atoms with Crippen molar-refractivity contribution >= 4 is 22.3 Å². The number of benzene rings is 1. The number of piperidine rings is 1. The lowest BCUT2D eigenvalue weighted by Gasteiger charge is -2.73. The Labute approximate surface area is 179 Å².